The molecule has 6 nitrogen and oxygen atoms in total. The number of carbonyl (C=O) groups excluding carboxylic acids is 2. The lowest BCUT2D eigenvalue weighted by Crippen LogP contribution is -2.50. The number of likely N-dealkylation sites (tertiary alicyclic amines) is 2. The van der Waals surface area contributed by atoms with Gasteiger partial charge in [-0.3, -0.25) is 9.59 Å². The molecule has 0 radical (unpaired) electrons. The molecular weight excluding hydrogens is 344 g/mol. The predicted octanol–water partition coefficient (Wildman–Crippen LogP) is 2.25. The molecule has 2 amide bonds. The van der Waals surface area contributed by atoms with Gasteiger partial charge in [-0.25, -0.2) is 0 Å². The molecule has 3 heterocycles. The topological polar surface area (TPSA) is 59.1 Å². The van der Waals surface area contributed by atoms with Crippen molar-refractivity contribution in [3.63, 3.8) is 0 Å². The van der Waals surface area contributed by atoms with Crippen molar-refractivity contribution in [2.24, 2.45) is 5.92 Å². The molecular formula is C21H28N2O4. The number of piperidine rings is 1. The van der Waals surface area contributed by atoms with Gasteiger partial charge in [-0.05, 0) is 49.3 Å². The molecule has 0 spiro atoms. The number of carbonyl (C=O) groups is 2. The van der Waals surface area contributed by atoms with Gasteiger partial charge in [-0.1, -0.05) is 13.0 Å². The average Bonchev–Trinajstić information content (AvgIpc) is 3.18. The lowest BCUT2D eigenvalue weighted by atomic mass is 9.98. The lowest BCUT2D eigenvalue weighted by molar-refractivity contribution is -0.144. The second kappa shape index (κ2) is 7.79. The maximum Gasteiger partial charge on any atom is 0.245 e. The van der Waals surface area contributed by atoms with Gasteiger partial charge >= 0.3 is 0 Å². The Kier molecular flexibility index (Phi) is 5.23. The van der Waals surface area contributed by atoms with E-state index in [4.69, 9.17) is 9.47 Å². The van der Waals surface area contributed by atoms with Crippen molar-refractivity contribution in [3.8, 4) is 11.5 Å². The fourth-order valence-corrected chi connectivity index (χ4v) is 4.24. The lowest BCUT2D eigenvalue weighted by Gasteiger charge is -2.34. The van der Waals surface area contributed by atoms with Crippen LogP contribution in [0.1, 0.15) is 38.2 Å². The Balaban J connectivity index is 1.41. The minimum atomic E-state index is -0.289. The van der Waals surface area contributed by atoms with Crippen LogP contribution in [0.5, 0.6) is 11.5 Å². The molecule has 1 aromatic carbocycles. The average molecular weight is 372 g/mol. The summed E-state index contributed by atoms with van der Waals surface area (Å²) in [5.74, 6) is 2.27. The monoisotopic (exact) mass is 372 g/mol. The molecule has 3 aliphatic heterocycles. The number of amides is 2. The van der Waals surface area contributed by atoms with Gasteiger partial charge in [0, 0.05) is 19.6 Å². The van der Waals surface area contributed by atoms with Crippen LogP contribution in [0.15, 0.2) is 18.2 Å². The summed E-state index contributed by atoms with van der Waals surface area (Å²) in [6, 6.07) is 5.36. The molecule has 0 N–H and O–H groups in total. The zero-order valence-electron chi connectivity index (χ0n) is 16.0. The highest BCUT2D eigenvalue weighted by Crippen LogP contribution is 2.31. The third-order valence-corrected chi connectivity index (χ3v) is 5.92. The smallest absolute Gasteiger partial charge is 0.245 e. The van der Waals surface area contributed by atoms with Gasteiger partial charge in [0.25, 0.3) is 0 Å². The van der Waals surface area contributed by atoms with Crippen molar-refractivity contribution in [1.82, 2.24) is 9.80 Å². The number of ether oxygens (including phenoxy) is 2. The Hall–Kier alpha value is -2.24. The van der Waals surface area contributed by atoms with Crippen molar-refractivity contribution in [3.05, 3.63) is 23.8 Å². The predicted molar refractivity (Wildman–Crippen MR) is 101 cm³/mol. The summed E-state index contributed by atoms with van der Waals surface area (Å²) in [6.07, 6.45) is 4.08. The Labute approximate surface area is 160 Å². The Morgan fingerprint density at radius 2 is 1.78 bits per heavy atom. The van der Waals surface area contributed by atoms with E-state index in [0.717, 1.165) is 50.1 Å². The van der Waals surface area contributed by atoms with E-state index in [0.29, 0.717) is 31.4 Å². The van der Waals surface area contributed by atoms with E-state index >= 15 is 0 Å². The molecule has 27 heavy (non-hydrogen) atoms. The zero-order chi connectivity index (χ0) is 18.8. The number of fused-ring (bicyclic) bond motifs is 1. The normalized spacial score (nSPS) is 22.8. The summed E-state index contributed by atoms with van der Waals surface area (Å²) in [7, 11) is 0. The standard InChI is InChI=1S/C21H28N2O4/c1-15-6-9-22(10-7-15)21(25)17-3-2-8-23(17)20(24)14-16-4-5-18-19(13-16)27-12-11-26-18/h4-5,13,15,17H,2-3,6-12,14H2,1H3. The molecule has 2 saturated heterocycles. The van der Waals surface area contributed by atoms with E-state index in [-0.39, 0.29) is 24.3 Å². The van der Waals surface area contributed by atoms with Gasteiger partial charge in [0.1, 0.15) is 19.3 Å². The first-order valence-electron chi connectivity index (χ1n) is 10.1. The molecule has 4 rings (SSSR count). The highest BCUT2D eigenvalue weighted by Gasteiger charge is 2.37. The fourth-order valence-electron chi connectivity index (χ4n) is 4.24. The maximum absolute atomic E-state index is 13.0. The van der Waals surface area contributed by atoms with E-state index in [9.17, 15) is 9.59 Å². The Morgan fingerprint density at radius 1 is 1.04 bits per heavy atom. The van der Waals surface area contributed by atoms with Crippen LogP contribution in [0, 0.1) is 5.92 Å². The molecule has 0 saturated carbocycles. The summed E-state index contributed by atoms with van der Waals surface area (Å²) in [4.78, 5) is 29.6. The van der Waals surface area contributed by atoms with Crippen molar-refractivity contribution in [2.45, 2.75) is 45.1 Å². The van der Waals surface area contributed by atoms with Crippen LogP contribution in [0.3, 0.4) is 0 Å². The van der Waals surface area contributed by atoms with Gasteiger partial charge in [0.05, 0.1) is 6.42 Å². The van der Waals surface area contributed by atoms with Crippen molar-refractivity contribution in [2.75, 3.05) is 32.8 Å². The minimum absolute atomic E-state index is 0.0212. The minimum Gasteiger partial charge on any atom is -0.486 e. The Bertz CT molecular complexity index is 712. The number of nitrogens with zero attached hydrogens (tertiary/aromatic N) is 2. The highest BCUT2D eigenvalue weighted by molar-refractivity contribution is 5.89. The SMILES string of the molecule is CC1CCN(C(=O)C2CCCN2C(=O)Cc2ccc3c(c2)OCCO3)CC1. The first kappa shape index (κ1) is 18.1. The third-order valence-electron chi connectivity index (χ3n) is 5.92. The van der Waals surface area contributed by atoms with Crippen molar-refractivity contribution in [1.29, 1.82) is 0 Å². The molecule has 1 aromatic rings. The maximum atomic E-state index is 13.0. The first-order valence-corrected chi connectivity index (χ1v) is 10.1. The highest BCUT2D eigenvalue weighted by atomic mass is 16.6. The molecule has 3 aliphatic rings. The van der Waals surface area contributed by atoms with E-state index in [1.165, 1.54) is 0 Å². The second-order valence-corrected chi connectivity index (χ2v) is 7.91. The van der Waals surface area contributed by atoms with Crippen LogP contribution in [0.25, 0.3) is 0 Å². The van der Waals surface area contributed by atoms with Crippen LogP contribution in [-0.2, 0) is 16.0 Å². The van der Waals surface area contributed by atoms with Crippen LogP contribution in [0.2, 0.25) is 0 Å². The second-order valence-electron chi connectivity index (χ2n) is 7.91. The van der Waals surface area contributed by atoms with Gasteiger partial charge in [0.2, 0.25) is 11.8 Å². The summed E-state index contributed by atoms with van der Waals surface area (Å²) < 4.78 is 11.1. The quantitative estimate of drug-likeness (QED) is 0.817. The van der Waals surface area contributed by atoms with E-state index in [1.807, 2.05) is 23.1 Å². The molecule has 6 heteroatoms. The van der Waals surface area contributed by atoms with Gasteiger partial charge in [0.15, 0.2) is 11.5 Å². The molecule has 1 unspecified atom stereocenters. The molecule has 0 aromatic heterocycles. The van der Waals surface area contributed by atoms with E-state index in [1.54, 1.807) is 4.90 Å². The summed E-state index contributed by atoms with van der Waals surface area (Å²) in [5, 5.41) is 0. The fraction of sp³-hybridized carbons (Fsp3) is 0.619. The third kappa shape index (κ3) is 3.89. The summed E-state index contributed by atoms with van der Waals surface area (Å²) >= 11 is 0. The van der Waals surface area contributed by atoms with Crippen LogP contribution >= 0.6 is 0 Å². The van der Waals surface area contributed by atoms with Crippen molar-refractivity contribution < 1.29 is 19.1 Å². The number of rotatable bonds is 3. The van der Waals surface area contributed by atoms with Crippen LogP contribution in [-0.4, -0.2) is 60.5 Å². The van der Waals surface area contributed by atoms with Gasteiger partial charge in [-0.15, -0.1) is 0 Å². The van der Waals surface area contributed by atoms with E-state index < -0.39 is 0 Å². The zero-order valence-corrected chi connectivity index (χ0v) is 16.0. The Morgan fingerprint density at radius 3 is 2.56 bits per heavy atom. The number of hydrogen-bond donors (Lipinski definition) is 0. The molecule has 2 fully saturated rings. The van der Waals surface area contributed by atoms with Gasteiger partial charge in [-0.2, -0.15) is 0 Å². The van der Waals surface area contributed by atoms with Crippen molar-refractivity contribution >= 4 is 11.8 Å². The summed E-state index contributed by atoms with van der Waals surface area (Å²) in [5.41, 5.74) is 0.897. The molecule has 0 bridgehead atoms. The molecule has 146 valence electrons. The largest absolute Gasteiger partial charge is 0.486 e. The van der Waals surface area contributed by atoms with Crippen LogP contribution < -0.4 is 9.47 Å². The summed E-state index contributed by atoms with van der Waals surface area (Å²) in [6.45, 7) is 5.63. The van der Waals surface area contributed by atoms with E-state index in [2.05, 4.69) is 6.92 Å². The molecule has 0 aliphatic carbocycles. The number of benzene rings is 1. The van der Waals surface area contributed by atoms with Gasteiger partial charge < -0.3 is 19.3 Å². The number of hydrogen-bond acceptors (Lipinski definition) is 4. The van der Waals surface area contributed by atoms with Crippen LogP contribution in [0.4, 0.5) is 0 Å². The molecule has 1 atom stereocenters. The first-order chi connectivity index (χ1) is 13.1.